The Bertz CT molecular complexity index is 1150. The highest BCUT2D eigenvalue weighted by Crippen LogP contribution is 2.38. The Balaban J connectivity index is 1.95. The lowest BCUT2D eigenvalue weighted by Crippen LogP contribution is -2.31. The van der Waals surface area contributed by atoms with Gasteiger partial charge in [0.05, 0.1) is 17.0 Å². The Kier molecular flexibility index (Phi) is 4.96. The van der Waals surface area contributed by atoms with Crippen molar-refractivity contribution in [2.24, 2.45) is 0 Å². The molecule has 0 spiro atoms. The number of methoxy groups -OCH3 is 1. The summed E-state index contributed by atoms with van der Waals surface area (Å²) in [6, 6.07) is 8.98. The number of rotatable bonds is 5. The average molecular weight is 395 g/mol. The molecule has 4 rings (SSSR count). The van der Waals surface area contributed by atoms with E-state index >= 15 is 0 Å². The van der Waals surface area contributed by atoms with Gasteiger partial charge >= 0.3 is 0 Å². The summed E-state index contributed by atoms with van der Waals surface area (Å²) in [5, 5.41) is 0.458. The van der Waals surface area contributed by atoms with Crippen LogP contribution in [0.25, 0.3) is 11.0 Å². The van der Waals surface area contributed by atoms with E-state index in [1.807, 2.05) is 19.9 Å². The number of fused-ring (bicyclic) bond motifs is 2. The van der Waals surface area contributed by atoms with Crippen molar-refractivity contribution in [2.45, 2.75) is 26.3 Å². The maximum absolute atomic E-state index is 13.5. The largest absolute Gasteiger partial charge is 0.450 e. The topological polar surface area (TPSA) is 59.8 Å². The molecule has 0 aliphatic carbocycles. The van der Waals surface area contributed by atoms with Crippen LogP contribution in [0.1, 0.15) is 45.3 Å². The van der Waals surface area contributed by atoms with E-state index in [2.05, 4.69) is 0 Å². The third-order valence-electron chi connectivity index (χ3n) is 5.33. The van der Waals surface area contributed by atoms with Gasteiger partial charge in [-0.2, -0.15) is 0 Å². The number of hydrogen-bond donors (Lipinski definition) is 0. The zero-order valence-electron chi connectivity index (χ0n) is 16.6. The van der Waals surface area contributed by atoms with E-state index in [0.29, 0.717) is 41.7 Å². The number of hydrogen-bond acceptors (Lipinski definition) is 4. The standard InChI is InChI=1S/C23H22FNO4/c1-13-11-14(2)21-17(12-13)20(26)18-19(15-5-7-16(24)8-6-15)25(9-4-10-28-3)23(27)22(18)29-21/h5-8,11-12,19H,4,9-10H2,1-3H3. The molecular weight excluding hydrogens is 373 g/mol. The molecule has 3 aromatic rings. The first-order valence-electron chi connectivity index (χ1n) is 9.55. The molecule has 2 aromatic carbocycles. The number of ether oxygens (including phenoxy) is 1. The molecule has 0 N–H and O–H groups in total. The van der Waals surface area contributed by atoms with Crippen LogP contribution in [0.2, 0.25) is 0 Å². The highest BCUT2D eigenvalue weighted by atomic mass is 19.1. The van der Waals surface area contributed by atoms with Crippen molar-refractivity contribution in [3.63, 3.8) is 0 Å². The summed E-state index contributed by atoms with van der Waals surface area (Å²) >= 11 is 0. The lowest BCUT2D eigenvalue weighted by Gasteiger charge is -2.25. The summed E-state index contributed by atoms with van der Waals surface area (Å²) in [6.07, 6.45) is 0.611. The smallest absolute Gasteiger partial charge is 0.290 e. The van der Waals surface area contributed by atoms with Gasteiger partial charge in [-0.3, -0.25) is 9.59 Å². The van der Waals surface area contributed by atoms with Gasteiger partial charge in [-0.05, 0) is 55.2 Å². The molecule has 0 fully saturated rings. The van der Waals surface area contributed by atoms with E-state index in [1.54, 1.807) is 30.2 Å². The number of amides is 1. The molecule has 2 heterocycles. The third kappa shape index (κ3) is 3.23. The number of aryl methyl sites for hydroxylation is 2. The molecule has 1 atom stereocenters. The maximum atomic E-state index is 13.5. The van der Waals surface area contributed by atoms with Crippen LogP contribution in [-0.4, -0.2) is 31.1 Å². The van der Waals surface area contributed by atoms with Crippen molar-refractivity contribution in [3.05, 3.63) is 80.5 Å². The number of nitrogens with zero attached hydrogens (tertiary/aromatic N) is 1. The predicted octanol–water partition coefficient (Wildman–Crippen LogP) is 4.13. The Labute approximate surface area is 167 Å². The second-order valence-electron chi connectivity index (χ2n) is 7.43. The first-order valence-corrected chi connectivity index (χ1v) is 9.55. The van der Waals surface area contributed by atoms with E-state index in [9.17, 15) is 14.0 Å². The molecule has 1 aromatic heterocycles. The summed E-state index contributed by atoms with van der Waals surface area (Å²) in [6.45, 7) is 4.65. The van der Waals surface area contributed by atoms with Crippen LogP contribution in [0.5, 0.6) is 0 Å². The fourth-order valence-corrected chi connectivity index (χ4v) is 4.08. The molecule has 0 bridgehead atoms. The van der Waals surface area contributed by atoms with Crippen molar-refractivity contribution in [3.8, 4) is 0 Å². The molecule has 150 valence electrons. The van der Waals surface area contributed by atoms with Gasteiger partial charge in [-0.15, -0.1) is 0 Å². The zero-order valence-corrected chi connectivity index (χ0v) is 16.6. The predicted molar refractivity (Wildman–Crippen MR) is 108 cm³/mol. The van der Waals surface area contributed by atoms with Gasteiger partial charge in [0.25, 0.3) is 5.91 Å². The summed E-state index contributed by atoms with van der Waals surface area (Å²) < 4.78 is 24.6. The second-order valence-corrected chi connectivity index (χ2v) is 7.43. The summed E-state index contributed by atoms with van der Waals surface area (Å²) in [4.78, 5) is 28.3. The molecule has 0 saturated carbocycles. The molecule has 29 heavy (non-hydrogen) atoms. The lowest BCUT2D eigenvalue weighted by atomic mass is 9.97. The van der Waals surface area contributed by atoms with Crippen molar-refractivity contribution in [1.82, 2.24) is 4.90 Å². The second kappa shape index (κ2) is 7.44. The number of halogens is 1. The van der Waals surface area contributed by atoms with Crippen LogP contribution in [0, 0.1) is 19.7 Å². The van der Waals surface area contributed by atoms with E-state index in [0.717, 1.165) is 11.1 Å². The van der Waals surface area contributed by atoms with Crippen molar-refractivity contribution in [1.29, 1.82) is 0 Å². The van der Waals surface area contributed by atoms with Crippen LogP contribution in [0.4, 0.5) is 4.39 Å². The first-order chi connectivity index (χ1) is 13.9. The Morgan fingerprint density at radius 2 is 1.86 bits per heavy atom. The monoisotopic (exact) mass is 395 g/mol. The number of carbonyl (C=O) groups excluding carboxylic acids is 1. The normalized spacial score (nSPS) is 15.9. The van der Waals surface area contributed by atoms with Gasteiger partial charge in [-0.25, -0.2) is 4.39 Å². The zero-order chi connectivity index (χ0) is 20.7. The van der Waals surface area contributed by atoms with Gasteiger partial charge in [-0.1, -0.05) is 18.2 Å². The molecule has 1 amide bonds. The fourth-order valence-electron chi connectivity index (χ4n) is 4.08. The minimum atomic E-state index is -0.614. The molecular formula is C23H22FNO4. The minimum Gasteiger partial charge on any atom is -0.450 e. The van der Waals surface area contributed by atoms with Gasteiger partial charge in [0.2, 0.25) is 5.76 Å². The SMILES string of the molecule is COCCCN1C(=O)c2oc3c(C)cc(C)cc3c(=O)c2C1c1ccc(F)cc1. The van der Waals surface area contributed by atoms with Crippen LogP contribution in [0.15, 0.2) is 45.6 Å². The van der Waals surface area contributed by atoms with E-state index in [4.69, 9.17) is 9.15 Å². The van der Waals surface area contributed by atoms with E-state index in [-0.39, 0.29) is 22.9 Å². The molecule has 1 aliphatic heterocycles. The van der Waals surface area contributed by atoms with Crippen LogP contribution >= 0.6 is 0 Å². The molecule has 6 heteroatoms. The summed E-state index contributed by atoms with van der Waals surface area (Å²) in [5.74, 6) is -0.633. The highest BCUT2D eigenvalue weighted by molar-refractivity contribution is 5.99. The van der Waals surface area contributed by atoms with Crippen LogP contribution < -0.4 is 5.43 Å². The Morgan fingerprint density at radius 3 is 2.55 bits per heavy atom. The van der Waals surface area contributed by atoms with Gasteiger partial charge < -0.3 is 14.1 Å². The van der Waals surface area contributed by atoms with Crippen LogP contribution in [0.3, 0.4) is 0 Å². The molecule has 5 nitrogen and oxygen atoms in total. The number of benzene rings is 2. The van der Waals surface area contributed by atoms with Crippen molar-refractivity contribution in [2.75, 3.05) is 20.3 Å². The Morgan fingerprint density at radius 1 is 1.14 bits per heavy atom. The van der Waals surface area contributed by atoms with E-state index in [1.165, 1.54) is 12.1 Å². The maximum Gasteiger partial charge on any atom is 0.290 e. The van der Waals surface area contributed by atoms with E-state index < -0.39 is 6.04 Å². The Hall–Kier alpha value is -2.99. The molecule has 0 radical (unpaired) electrons. The van der Waals surface area contributed by atoms with Gasteiger partial charge in [0.15, 0.2) is 5.43 Å². The lowest BCUT2D eigenvalue weighted by molar-refractivity contribution is 0.0708. The molecule has 0 saturated heterocycles. The molecule has 1 unspecified atom stereocenters. The average Bonchev–Trinajstić information content (AvgIpc) is 2.96. The molecule has 1 aliphatic rings. The quantitative estimate of drug-likeness (QED) is 0.610. The fraction of sp³-hybridized carbons (Fsp3) is 0.304. The minimum absolute atomic E-state index is 0.0706. The first kappa shape index (κ1) is 19.3. The van der Waals surface area contributed by atoms with Crippen LogP contribution in [-0.2, 0) is 4.74 Å². The van der Waals surface area contributed by atoms with Gasteiger partial charge in [0.1, 0.15) is 11.4 Å². The summed E-state index contributed by atoms with van der Waals surface area (Å²) in [7, 11) is 1.60. The third-order valence-corrected chi connectivity index (χ3v) is 5.33. The summed E-state index contributed by atoms with van der Waals surface area (Å²) in [5.41, 5.74) is 2.96. The highest BCUT2D eigenvalue weighted by Gasteiger charge is 2.42. The van der Waals surface area contributed by atoms with Gasteiger partial charge in [0, 0.05) is 20.3 Å². The van der Waals surface area contributed by atoms with Crippen molar-refractivity contribution >= 4 is 16.9 Å². The van der Waals surface area contributed by atoms with Crippen molar-refractivity contribution < 1.29 is 18.3 Å². The number of carbonyl (C=O) groups is 1.